The molecule has 5 nitrogen and oxygen atoms in total. The lowest BCUT2D eigenvalue weighted by atomic mass is 10.1. The number of nitrogens with zero attached hydrogens (tertiary/aromatic N) is 1. The quantitative estimate of drug-likeness (QED) is 0.421. The number of benzene rings is 2. The van der Waals surface area contributed by atoms with Crippen molar-refractivity contribution in [3.05, 3.63) is 95.5 Å². The number of hydrogen-bond donors (Lipinski definition) is 2. The van der Waals surface area contributed by atoms with E-state index in [2.05, 4.69) is 41.5 Å². The van der Waals surface area contributed by atoms with Crippen molar-refractivity contribution in [1.82, 2.24) is 14.9 Å². The van der Waals surface area contributed by atoms with Crippen molar-refractivity contribution in [2.24, 2.45) is 0 Å². The number of furan rings is 1. The van der Waals surface area contributed by atoms with Crippen LogP contribution in [0.3, 0.4) is 0 Å². The Labute approximate surface area is 174 Å². The minimum Gasteiger partial charge on any atom is -0.463 e. The van der Waals surface area contributed by atoms with Gasteiger partial charge in [-0.15, -0.1) is 0 Å². The highest BCUT2D eigenvalue weighted by molar-refractivity contribution is 5.97. The second-order valence-corrected chi connectivity index (χ2v) is 7.58. The predicted octanol–water partition coefficient (Wildman–Crippen LogP) is 5.04. The maximum Gasteiger partial charge on any atom is 0.268 e. The zero-order valence-electron chi connectivity index (χ0n) is 16.8. The molecule has 0 unspecified atom stereocenters. The fraction of sp³-hybridized carbons (Fsp3) is 0.160. The fourth-order valence-corrected chi connectivity index (χ4v) is 4.03. The molecule has 3 heterocycles. The number of hydrogen-bond acceptors (Lipinski definition) is 2. The van der Waals surface area contributed by atoms with Gasteiger partial charge in [-0.1, -0.05) is 42.5 Å². The number of amides is 1. The molecule has 5 rings (SSSR count). The summed E-state index contributed by atoms with van der Waals surface area (Å²) in [6.07, 6.45) is 4.45. The lowest BCUT2D eigenvalue weighted by molar-refractivity contribution is 0.0945. The van der Waals surface area contributed by atoms with Crippen molar-refractivity contribution >= 4 is 27.9 Å². The maximum absolute atomic E-state index is 13.0. The van der Waals surface area contributed by atoms with Crippen molar-refractivity contribution in [1.29, 1.82) is 0 Å². The third-order valence-corrected chi connectivity index (χ3v) is 5.70. The summed E-state index contributed by atoms with van der Waals surface area (Å²) in [6, 6.07) is 20.2. The van der Waals surface area contributed by atoms with Crippen LogP contribution >= 0.6 is 0 Å². The van der Waals surface area contributed by atoms with Crippen LogP contribution in [0.1, 0.15) is 27.2 Å². The van der Waals surface area contributed by atoms with E-state index in [1.54, 1.807) is 6.26 Å². The molecule has 150 valence electrons. The molecule has 2 aromatic carbocycles. The molecule has 0 aliphatic rings. The van der Waals surface area contributed by atoms with Crippen LogP contribution in [-0.2, 0) is 13.0 Å². The molecule has 0 aliphatic heterocycles. The lowest BCUT2D eigenvalue weighted by Gasteiger charge is -2.12. The zero-order valence-corrected chi connectivity index (χ0v) is 16.8. The van der Waals surface area contributed by atoms with E-state index in [1.807, 2.05) is 47.2 Å². The first-order valence-corrected chi connectivity index (χ1v) is 10.1. The van der Waals surface area contributed by atoms with Gasteiger partial charge in [0.25, 0.3) is 5.91 Å². The second kappa shape index (κ2) is 7.59. The van der Waals surface area contributed by atoms with Crippen molar-refractivity contribution in [2.75, 3.05) is 6.54 Å². The summed E-state index contributed by atoms with van der Waals surface area (Å²) in [7, 11) is 0. The number of carbonyl (C=O) groups is 1. The summed E-state index contributed by atoms with van der Waals surface area (Å²) in [6.45, 7) is 3.28. The molecule has 2 N–H and O–H groups in total. The molecule has 0 spiro atoms. The Balaban J connectivity index is 1.36. The lowest BCUT2D eigenvalue weighted by Crippen LogP contribution is -2.28. The van der Waals surface area contributed by atoms with Crippen LogP contribution in [-0.4, -0.2) is 22.0 Å². The first-order chi connectivity index (χ1) is 14.7. The van der Waals surface area contributed by atoms with Crippen LogP contribution < -0.4 is 5.32 Å². The molecule has 1 amide bonds. The molecule has 0 saturated carbocycles. The standard InChI is InChI=1S/C25H23N3O2/c1-17-6-2-3-7-19(17)16-28-22-11-13-30-24(22)14-23(28)25(29)26-12-10-18-15-27-21-9-5-4-8-20(18)21/h2-9,11,13-15,27H,10,12,16H2,1H3,(H,26,29). The van der Waals surface area contributed by atoms with E-state index in [-0.39, 0.29) is 5.91 Å². The van der Waals surface area contributed by atoms with Crippen molar-refractivity contribution < 1.29 is 9.21 Å². The number of rotatable bonds is 6. The van der Waals surface area contributed by atoms with Crippen LogP contribution in [0, 0.1) is 6.92 Å². The van der Waals surface area contributed by atoms with Gasteiger partial charge in [0.1, 0.15) is 5.69 Å². The van der Waals surface area contributed by atoms with E-state index in [0.717, 1.165) is 23.0 Å². The zero-order chi connectivity index (χ0) is 20.5. The summed E-state index contributed by atoms with van der Waals surface area (Å²) in [5, 5.41) is 4.28. The van der Waals surface area contributed by atoms with Crippen LogP contribution in [0.15, 0.2) is 77.5 Å². The summed E-state index contributed by atoms with van der Waals surface area (Å²) < 4.78 is 7.59. The highest BCUT2D eigenvalue weighted by atomic mass is 16.3. The van der Waals surface area contributed by atoms with Crippen molar-refractivity contribution in [3.8, 4) is 0 Å². The predicted molar refractivity (Wildman–Crippen MR) is 119 cm³/mol. The Kier molecular flexibility index (Phi) is 4.64. The number of aryl methyl sites for hydroxylation is 1. The van der Waals surface area contributed by atoms with Crippen LogP contribution in [0.25, 0.3) is 22.0 Å². The molecule has 0 fully saturated rings. The van der Waals surface area contributed by atoms with Crippen molar-refractivity contribution in [2.45, 2.75) is 19.9 Å². The minimum atomic E-state index is -0.0881. The third kappa shape index (κ3) is 3.28. The minimum absolute atomic E-state index is 0.0881. The van der Waals surface area contributed by atoms with E-state index >= 15 is 0 Å². The Hall–Kier alpha value is -3.73. The number of carbonyl (C=O) groups excluding carboxylic acids is 1. The SMILES string of the molecule is Cc1ccccc1Cn1c(C(=O)NCCc2c[nH]c3ccccc23)cc2occc21. The summed E-state index contributed by atoms with van der Waals surface area (Å²) >= 11 is 0. The topological polar surface area (TPSA) is 63.0 Å². The summed E-state index contributed by atoms with van der Waals surface area (Å²) in [5.74, 6) is -0.0881. The highest BCUT2D eigenvalue weighted by Gasteiger charge is 2.18. The summed E-state index contributed by atoms with van der Waals surface area (Å²) in [4.78, 5) is 16.3. The summed E-state index contributed by atoms with van der Waals surface area (Å²) in [5.41, 5.74) is 6.98. The Morgan fingerprint density at radius 3 is 2.80 bits per heavy atom. The van der Waals surface area contributed by atoms with E-state index in [0.29, 0.717) is 18.8 Å². The van der Waals surface area contributed by atoms with Gasteiger partial charge >= 0.3 is 0 Å². The van der Waals surface area contributed by atoms with Gasteiger partial charge in [-0.05, 0) is 36.1 Å². The molecule has 3 aromatic heterocycles. The fourth-order valence-electron chi connectivity index (χ4n) is 4.03. The van der Waals surface area contributed by atoms with Crippen LogP contribution in [0.4, 0.5) is 0 Å². The average Bonchev–Trinajstić information content (AvgIpc) is 3.46. The third-order valence-electron chi connectivity index (χ3n) is 5.70. The first-order valence-electron chi connectivity index (χ1n) is 10.1. The highest BCUT2D eigenvalue weighted by Crippen LogP contribution is 2.23. The van der Waals surface area contributed by atoms with Gasteiger partial charge in [0.2, 0.25) is 0 Å². The molecule has 0 atom stereocenters. The Morgan fingerprint density at radius 1 is 1.07 bits per heavy atom. The number of aromatic amines is 1. The van der Waals surface area contributed by atoms with E-state index < -0.39 is 0 Å². The van der Waals surface area contributed by atoms with Gasteiger partial charge < -0.3 is 19.3 Å². The maximum atomic E-state index is 13.0. The van der Waals surface area contributed by atoms with Gasteiger partial charge in [-0.3, -0.25) is 4.79 Å². The van der Waals surface area contributed by atoms with Crippen LogP contribution in [0.2, 0.25) is 0 Å². The Bertz CT molecular complexity index is 1340. The van der Waals surface area contributed by atoms with Gasteiger partial charge in [-0.2, -0.15) is 0 Å². The number of para-hydroxylation sites is 1. The molecule has 5 aromatic rings. The average molecular weight is 397 g/mol. The molecule has 5 heteroatoms. The molecule has 0 bridgehead atoms. The van der Waals surface area contributed by atoms with E-state index in [1.165, 1.54) is 22.1 Å². The Morgan fingerprint density at radius 2 is 1.90 bits per heavy atom. The number of fused-ring (bicyclic) bond motifs is 2. The number of nitrogens with one attached hydrogen (secondary N) is 2. The van der Waals surface area contributed by atoms with Crippen LogP contribution in [0.5, 0.6) is 0 Å². The smallest absolute Gasteiger partial charge is 0.268 e. The molecule has 30 heavy (non-hydrogen) atoms. The second-order valence-electron chi connectivity index (χ2n) is 7.58. The van der Waals surface area contributed by atoms with Crippen molar-refractivity contribution in [3.63, 3.8) is 0 Å². The number of H-pyrrole nitrogens is 1. The monoisotopic (exact) mass is 397 g/mol. The molecule has 0 radical (unpaired) electrons. The molecular weight excluding hydrogens is 374 g/mol. The normalized spacial score (nSPS) is 11.4. The molecule has 0 aliphatic carbocycles. The van der Waals surface area contributed by atoms with Gasteiger partial charge in [0, 0.05) is 42.3 Å². The van der Waals surface area contributed by atoms with Gasteiger partial charge in [0.05, 0.1) is 11.8 Å². The van der Waals surface area contributed by atoms with E-state index in [9.17, 15) is 4.79 Å². The largest absolute Gasteiger partial charge is 0.463 e. The van der Waals surface area contributed by atoms with E-state index in [4.69, 9.17) is 4.42 Å². The number of aromatic nitrogens is 2. The van der Waals surface area contributed by atoms with Gasteiger partial charge in [-0.25, -0.2) is 0 Å². The first kappa shape index (κ1) is 18.3. The molecule has 0 saturated heterocycles. The molecular formula is C25H23N3O2. The van der Waals surface area contributed by atoms with Gasteiger partial charge in [0.15, 0.2) is 5.58 Å².